The van der Waals surface area contributed by atoms with Crippen molar-refractivity contribution in [3.8, 4) is 11.3 Å². The van der Waals surface area contributed by atoms with E-state index in [9.17, 15) is 4.79 Å². The molecule has 0 spiro atoms. The van der Waals surface area contributed by atoms with Gasteiger partial charge in [0.1, 0.15) is 0 Å². The molecule has 100 valence electrons. The maximum atomic E-state index is 12.2. The average Bonchev–Trinajstić information content (AvgIpc) is 2.88. The first-order valence-electron chi connectivity index (χ1n) is 6.41. The summed E-state index contributed by atoms with van der Waals surface area (Å²) in [5.41, 5.74) is 1.77. The van der Waals surface area contributed by atoms with Crippen LogP contribution in [0.2, 0.25) is 0 Å². The van der Waals surface area contributed by atoms with E-state index in [4.69, 9.17) is 4.74 Å². The molecular formula is C16H13NO2Se. The van der Waals surface area contributed by atoms with Crippen molar-refractivity contribution in [2.75, 3.05) is 6.61 Å². The van der Waals surface area contributed by atoms with Crippen molar-refractivity contribution >= 4 is 30.1 Å². The van der Waals surface area contributed by atoms with Crippen LogP contribution in [0.5, 0.6) is 0 Å². The first kappa shape index (κ1) is 13.1. The molecule has 0 aliphatic heterocycles. The number of nitrogens with zero attached hydrogens (tertiary/aromatic N) is 1. The summed E-state index contributed by atoms with van der Waals surface area (Å²) >= 11 is -0.0182. The van der Waals surface area contributed by atoms with Crippen LogP contribution < -0.4 is 0 Å². The number of hydrogen-bond acceptors (Lipinski definition) is 3. The van der Waals surface area contributed by atoms with Crippen LogP contribution in [0, 0.1) is 0 Å². The molecule has 0 fully saturated rings. The van der Waals surface area contributed by atoms with Crippen LogP contribution in [0.1, 0.15) is 16.2 Å². The van der Waals surface area contributed by atoms with E-state index in [1.54, 1.807) is 6.20 Å². The summed E-state index contributed by atoms with van der Waals surface area (Å²) in [4.78, 5) is 16.6. The number of pyridine rings is 1. The van der Waals surface area contributed by atoms with Crippen LogP contribution in [-0.4, -0.2) is 32.1 Å². The molecule has 0 aliphatic rings. The number of benzene rings is 1. The number of aromatic nitrogens is 1. The van der Waals surface area contributed by atoms with Crippen molar-refractivity contribution in [1.29, 1.82) is 0 Å². The number of hydrogen-bond donors (Lipinski definition) is 0. The Labute approximate surface area is 123 Å². The molecule has 3 aromatic rings. The normalized spacial score (nSPS) is 10.7. The Morgan fingerprint density at radius 2 is 2.00 bits per heavy atom. The van der Waals surface area contributed by atoms with Gasteiger partial charge in [0.05, 0.1) is 0 Å². The van der Waals surface area contributed by atoms with Crippen LogP contribution >= 0.6 is 0 Å². The van der Waals surface area contributed by atoms with Gasteiger partial charge in [-0.05, 0) is 0 Å². The van der Waals surface area contributed by atoms with Crippen LogP contribution in [0.25, 0.3) is 20.9 Å². The second kappa shape index (κ2) is 5.61. The third-order valence-corrected chi connectivity index (χ3v) is 5.39. The molecule has 0 bridgehead atoms. The molecule has 0 aliphatic carbocycles. The molecule has 0 saturated carbocycles. The van der Waals surface area contributed by atoms with Gasteiger partial charge < -0.3 is 0 Å². The van der Waals surface area contributed by atoms with Gasteiger partial charge in [-0.2, -0.15) is 0 Å². The van der Waals surface area contributed by atoms with E-state index in [2.05, 4.69) is 11.1 Å². The van der Waals surface area contributed by atoms with Crippen molar-refractivity contribution in [3.05, 3.63) is 53.1 Å². The molecule has 0 radical (unpaired) electrons. The average molecular weight is 330 g/mol. The summed E-state index contributed by atoms with van der Waals surface area (Å²) in [6.07, 6.45) is 1.75. The van der Waals surface area contributed by atoms with E-state index < -0.39 is 0 Å². The predicted octanol–water partition coefficient (Wildman–Crippen LogP) is 3.14. The summed E-state index contributed by atoms with van der Waals surface area (Å²) in [5, 5.41) is 1.11. The Balaban J connectivity index is 2.26. The van der Waals surface area contributed by atoms with Crippen molar-refractivity contribution in [2.45, 2.75) is 6.92 Å². The molecule has 0 saturated heterocycles. The number of ether oxygens (including phenoxy) is 1. The first-order valence-corrected chi connectivity index (χ1v) is 8.12. The molecular weight excluding hydrogens is 317 g/mol. The van der Waals surface area contributed by atoms with Crippen LogP contribution in [0.4, 0.5) is 0 Å². The summed E-state index contributed by atoms with van der Waals surface area (Å²) < 4.78 is 7.17. The summed E-state index contributed by atoms with van der Waals surface area (Å²) in [6, 6.07) is 13.9. The third-order valence-electron chi connectivity index (χ3n) is 2.98. The van der Waals surface area contributed by atoms with Gasteiger partial charge in [-0.1, -0.05) is 0 Å². The number of rotatable bonds is 3. The minimum atomic E-state index is -0.218. The summed E-state index contributed by atoms with van der Waals surface area (Å²) in [6.45, 7) is 2.22. The molecule has 0 unspecified atom stereocenters. The Kier molecular flexibility index (Phi) is 3.68. The molecule has 20 heavy (non-hydrogen) atoms. The van der Waals surface area contributed by atoms with Crippen molar-refractivity contribution < 1.29 is 9.53 Å². The fraction of sp³-hybridized carbons (Fsp3) is 0.125. The monoisotopic (exact) mass is 331 g/mol. The number of fused-ring (bicyclic) bond motifs is 1. The maximum absolute atomic E-state index is 12.2. The fourth-order valence-electron chi connectivity index (χ4n) is 2.15. The predicted molar refractivity (Wildman–Crippen MR) is 80.1 cm³/mol. The Bertz CT molecular complexity index is 750. The molecule has 2 aromatic heterocycles. The van der Waals surface area contributed by atoms with Gasteiger partial charge in [0.2, 0.25) is 0 Å². The summed E-state index contributed by atoms with van der Waals surface area (Å²) in [5.74, 6) is -0.218. The van der Waals surface area contributed by atoms with Gasteiger partial charge in [-0.15, -0.1) is 0 Å². The zero-order chi connectivity index (χ0) is 13.9. The van der Waals surface area contributed by atoms with Gasteiger partial charge >= 0.3 is 123 Å². The third kappa shape index (κ3) is 2.28. The Morgan fingerprint density at radius 3 is 2.75 bits per heavy atom. The number of carbonyl (C=O) groups excluding carboxylic acids is 1. The molecule has 3 nitrogen and oxygen atoms in total. The zero-order valence-electron chi connectivity index (χ0n) is 11.0. The first-order chi connectivity index (χ1) is 9.81. The number of esters is 1. The van der Waals surface area contributed by atoms with Crippen LogP contribution in [0.3, 0.4) is 0 Å². The van der Waals surface area contributed by atoms with E-state index in [1.807, 2.05) is 43.3 Å². The van der Waals surface area contributed by atoms with Crippen LogP contribution in [0.15, 0.2) is 48.7 Å². The number of carbonyl (C=O) groups is 1. The summed E-state index contributed by atoms with van der Waals surface area (Å²) in [7, 11) is 0. The van der Waals surface area contributed by atoms with E-state index >= 15 is 0 Å². The van der Waals surface area contributed by atoms with Gasteiger partial charge in [0.15, 0.2) is 0 Å². The fourth-order valence-corrected chi connectivity index (χ4v) is 4.47. The van der Waals surface area contributed by atoms with E-state index in [-0.39, 0.29) is 20.5 Å². The van der Waals surface area contributed by atoms with E-state index in [1.165, 1.54) is 4.26 Å². The van der Waals surface area contributed by atoms with Crippen molar-refractivity contribution in [3.63, 3.8) is 0 Å². The molecule has 4 heteroatoms. The molecule has 1 aromatic carbocycles. The Hall–Kier alpha value is -1.90. The second-order valence-corrected chi connectivity index (χ2v) is 6.45. The molecule has 0 N–H and O–H groups in total. The second-order valence-electron chi connectivity index (χ2n) is 4.24. The molecule has 0 atom stereocenters. The van der Waals surface area contributed by atoms with Gasteiger partial charge in [-0.3, -0.25) is 0 Å². The molecule has 2 heterocycles. The molecule has 0 amide bonds. The standard InChI is InChI=1S/C16H13NO2Se/c1-2-19-16(18)15-14(12-8-5-6-10-17-12)11-7-3-4-9-13(11)20-15/h3-10H,2H2,1H3. The zero-order valence-corrected chi connectivity index (χ0v) is 12.7. The minimum absolute atomic E-state index is 0.0182. The Morgan fingerprint density at radius 1 is 1.20 bits per heavy atom. The van der Waals surface area contributed by atoms with Crippen molar-refractivity contribution in [1.82, 2.24) is 4.98 Å². The van der Waals surface area contributed by atoms with E-state index in [0.29, 0.717) is 6.61 Å². The van der Waals surface area contributed by atoms with Crippen molar-refractivity contribution in [2.24, 2.45) is 0 Å². The van der Waals surface area contributed by atoms with E-state index in [0.717, 1.165) is 21.1 Å². The van der Waals surface area contributed by atoms with Crippen LogP contribution in [-0.2, 0) is 4.74 Å². The van der Waals surface area contributed by atoms with Gasteiger partial charge in [0, 0.05) is 0 Å². The SMILES string of the molecule is CCOC(=O)c1[se]c2ccccc2c1-c1ccccn1. The van der Waals surface area contributed by atoms with Gasteiger partial charge in [0.25, 0.3) is 0 Å². The van der Waals surface area contributed by atoms with Gasteiger partial charge in [-0.25, -0.2) is 0 Å². The quantitative estimate of drug-likeness (QED) is 0.547. The topological polar surface area (TPSA) is 39.2 Å². The molecule has 3 rings (SSSR count).